The summed E-state index contributed by atoms with van der Waals surface area (Å²) in [6.45, 7) is 1.60. The van der Waals surface area contributed by atoms with E-state index < -0.39 is 21.7 Å². The molecule has 1 aromatic carbocycles. The molecule has 0 aliphatic rings. The first kappa shape index (κ1) is 15.4. The molecule has 0 saturated heterocycles. The fraction of sp³-hybridized carbons (Fsp3) is 0.500. The first-order chi connectivity index (χ1) is 8.37. The van der Waals surface area contributed by atoms with Crippen LogP contribution < -0.4 is 5.73 Å². The Bertz CT molecular complexity index is 485. The molecule has 1 atom stereocenters. The average Bonchev–Trinajstić information content (AvgIpc) is 2.28. The molecule has 0 saturated carbocycles. The highest BCUT2D eigenvalue weighted by Crippen LogP contribution is 2.27. The van der Waals surface area contributed by atoms with Gasteiger partial charge in [0.2, 0.25) is 0 Å². The van der Waals surface area contributed by atoms with Crippen molar-refractivity contribution < 1.29 is 12.8 Å². The maximum absolute atomic E-state index is 13.5. The Morgan fingerprint density at radius 3 is 2.67 bits per heavy atom. The Balaban J connectivity index is 2.64. The maximum Gasteiger partial charge on any atom is 0.150 e. The highest BCUT2D eigenvalue weighted by atomic mass is 35.5. The van der Waals surface area contributed by atoms with Crippen molar-refractivity contribution in [3.05, 3.63) is 34.6 Å². The quantitative estimate of drug-likeness (QED) is 0.877. The van der Waals surface area contributed by atoms with Crippen molar-refractivity contribution in [3.63, 3.8) is 0 Å². The second-order valence-electron chi connectivity index (χ2n) is 4.12. The van der Waals surface area contributed by atoms with Crippen LogP contribution in [0.25, 0.3) is 0 Å². The molecule has 0 aromatic heterocycles. The van der Waals surface area contributed by atoms with E-state index in [2.05, 4.69) is 0 Å². The minimum Gasteiger partial charge on any atom is -0.324 e. The van der Waals surface area contributed by atoms with E-state index in [9.17, 15) is 12.8 Å². The van der Waals surface area contributed by atoms with Crippen molar-refractivity contribution in [3.8, 4) is 0 Å². The molecule has 0 amide bonds. The van der Waals surface area contributed by atoms with Gasteiger partial charge in [-0.1, -0.05) is 24.6 Å². The molecule has 0 radical (unpaired) electrons. The van der Waals surface area contributed by atoms with E-state index in [0.717, 1.165) is 0 Å². The third-order valence-electron chi connectivity index (χ3n) is 2.78. The highest BCUT2D eigenvalue weighted by molar-refractivity contribution is 7.91. The van der Waals surface area contributed by atoms with Gasteiger partial charge in [0.15, 0.2) is 0 Å². The van der Waals surface area contributed by atoms with Crippen LogP contribution in [0.2, 0.25) is 5.02 Å². The second-order valence-corrected chi connectivity index (χ2v) is 7.00. The summed E-state index contributed by atoms with van der Waals surface area (Å²) in [7, 11) is -3.00. The van der Waals surface area contributed by atoms with Gasteiger partial charge in [0.05, 0.1) is 5.75 Å². The summed E-state index contributed by atoms with van der Waals surface area (Å²) in [6, 6.07) is 3.80. The van der Waals surface area contributed by atoms with E-state index in [1.165, 1.54) is 12.1 Å². The monoisotopic (exact) mass is 293 g/mol. The van der Waals surface area contributed by atoms with Crippen LogP contribution in [0, 0.1) is 5.82 Å². The number of sulfone groups is 1. The number of nitrogens with two attached hydrogens (primary N) is 1. The number of hydrogen-bond acceptors (Lipinski definition) is 3. The molecule has 0 bridgehead atoms. The zero-order chi connectivity index (χ0) is 13.8. The molecule has 1 aromatic rings. The Labute approximate surface area is 112 Å². The van der Waals surface area contributed by atoms with E-state index in [-0.39, 0.29) is 22.1 Å². The molecule has 0 aliphatic carbocycles. The van der Waals surface area contributed by atoms with Crippen LogP contribution in [0.1, 0.15) is 31.4 Å². The summed E-state index contributed by atoms with van der Waals surface area (Å²) in [5.41, 5.74) is 6.11. The van der Waals surface area contributed by atoms with Crippen molar-refractivity contribution in [2.45, 2.75) is 25.8 Å². The third kappa shape index (κ3) is 4.23. The zero-order valence-electron chi connectivity index (χ0n) is 10.2. The Hall–Kier alpha value is -0.650. The van der Waals surface area contributed by atoms with E-state index >= 15 is 0 Å². The van der Waals surface area contributed by atoms with Crippen LogP contribution in [0.4, 0.5) is 4.39 Å². The molecule has 0 fully saturated rings. The molecular weight excluding hydrogens is 277 g/mol. The zero-order valence-corrected chi connectivity index (χ0v) is 11.8. The largest absolute Gasteiger partial charge is 0.324 e. The van der Waals surface area contributed by atoms with Crippen molar-refractivity contribution in [1.82, 2.24) is 0 Å². The molecule has 18 heavy (non-hydrogen) atoms. The first-order valence-electron chi connectivity index (χ1n) is 5.77. The number of halogens is 2. The van der Waals surface area contributed by atoms with E-state index in [1.54, 1.807) is 13.0 Å². The summed E-state index contributed by atoms with van der Waals surface area (Å²) in [6.07, 6.45) is 0.794. The summed E-state index contributed by atoms with van der Waals surface area (Å²) >= 11 is 5.88. The van der Waals surface area contributed by atoms with Gasteiger partial charge in [-0.3, -0.25) is 0 Å². The second kappa shape index (κ2) is 6.50. The van der Waals surface area contributed by atoms with Crippen LogP contribution in [-0.4, -0.2) is 19.9 Å². The summed E-state index contributed by atoms with van der Waals surface area (Å²) in [5.74, 6) is -0.264. The molecule has 1 unspecified atom stereocenters. The normalized spacial score (nSPS) is 13.6. The molecule has 6 heteroatoms. The van der Waals surface area contributed by atoms with E-state index in [0.29, 0.717) is 12.8 Å². The fourth-order valence-electron chi connectivity index (χ4n) is 1.68. The third-order valence-corrected chi connectivity index (χ3v) is 4.90. The van der Waals surface area contributed by atoms with Gasteiger partial charge in [-0.2, -0.15) is 0 Å². The van der Waals surface area contributed by atoms with Crippen molar-refractivity contribution in [2.24, 2.45) is 5.73 Å². The van der Waals surface area contributed by atoms with Gasteiger partial charge in [0.1, 0.15) is 15.7 Å². The van der Waals surface area contributed by atoms with Gasteiger partial charge in [-0.15, -0.1) is 0 Å². The topological polar surface area (TPSA) is 60.2 Å². The average molecular weight is 294 g/mol. The molecule has 1 rings (SSSR count). The van der Waals surface area contributed by atoms with Crippen molar-refractivity contribution in [1.29, 1.82) is 0 Å². The van der Waals surface area contributed by atoms with Crippen molar-refractivity contribution in [2.75, 3.05) is 11.5 Å². The van der Waals surface area contributed by atoms with Gasteiger partial charge in [0.25, 0.3) is 0 Å². The van der Waals surface area contributed by atoms with Crippen LogP contribution in [0.15, 0.2) is 18.2 Å². The van der Waals surface area contributed by atoms with Crippen LogP contribution in [0.5, 0.6) is 0 Å². The smallest absolute Gasteiger partial charge is 0.150 e. The van der Waals surface area contributed by atoms with Gasteiger partial charge >= 0.3 is 0 Å². The number of rotatable bonds is 6. The predicted molar refractivity (Wildman–Crippen MR) is 71.9 cm³/mol. The molecule has 0 spiro atoms. The summed E-state index contributed by atoms with van der Waals surface area (Å²) in [5, 5.41) is 0.279. The Kier molecular flexibility index (Phi) is 5.56. The van der Waals surface area contributed by atoms with Gasteiger partial charge in [-0.25, -0.2) is 12.8 Å². The summed E-state index contributed by atoms with van der Waals surface area (Å²) < 4.78 is 36.2. The molecular formula is C12H17ClFNO2S. The molecule has 2 N–H and O–H groups in total. The highest BCUT2D eigenvalue weighted by Gasteiger charge is 2.16. The predicted octanol–water partition coefficient (Wildman–Crippen LogP) is 2.69. The lowest BCUT2D eigenvalue weighted by Gasteiger charge is -2.14. The molecule has 0 aliphatic heterocycles. The standard InChI is InChI=1S/C12H17ClFNO2S/c1-2-18(16,17)8-4-7-11(15)12-9(13)5-3-6-10(12)14/h3,5-6,11H,2,4,7-8,15H2,1H3. The molecule has 3 nitrogen and oxygen atoms in total. The first-order valence-corrected chi connectivity index (χ1v) is 7.97. The van der Waals surface area contributed by atoms with Crippen molar-refractivity contribution >= 4 is 21.4 Å². The maximum atomic E-state index is 13.5. The van der Waals surface area contributed by atoms with E-state index in [1.807, 2.05) is 0 Å². The lowest BCUT2D eigenvalue weighted by atomic mass is 10.0. The lowest BCUT2D eigenvalue weighted by Crippen LogP contribution is -2.15. The molecule has 102 valence electrons. The van der Waals surface area contributed by atoms with Crippen LogP contribution in [0.3, 0.4) is 0 Å². The van der Waals surface area contributed by atoms with E-state index in [4.69, 9.17) is 17.3 Å². The molecule has 0 heterocycles. The minimum atomic E-state index is -3.00. The Morgan fingerprint density at radius 1 is 1.44 bits per heavy atom. The SMILES string of the molecule is CCS(=O)(=O)CCCC(N)c1c(F)cccc1Cl. The van der Waals surface area contributed by atoms with Gasteiger partial charge in [-0.05, 0) is 25.0 Å². The summed E-state index contributed by atoms with van der Waals surface area (Å²) in [4.78, 5) is 0. The van der Waals surface area contributed by atoms with Gasteiger partial charge in [0, 0.05) is 22.4 Å². The lowest BCUT2D eigenvalue weighted by molar-refractivity contribution is 0.555. The van der Waals surface area contributed by atoms with Crippen LogP contribution >= 0.6 is 11.6 Å². The number of hydrogen-bond donors (Lipinski definition) is 1. The minimum absolute atomic E-state index is 0.0727. The number of benzene rings is 1. The van der Waals surface area contributed by atoms with Gasteiger partial charge < -0.3 is 5.73 Å². The van der Waals surface area contributed by atoms with Crippen LogP contribution in [-0.2, 0) is 9.84 Å². The Morgan fingerprint density at radius 2 is 2.11 bits per heavy atom. The fourth-order valence-corrected chi connectivity index (χ4v) is 2.88.